The van der Waals surface area contributed by atoms with Crippen LogP contribution in [0.25, 0.3) is 0 Å². The molecule has 1 nitrogen and oxygen atoms in total. The first kappa shape index (κ1) is 11.0. The van der Waals surface area contributed by atoms with Crippen LogP contribution in [0.4, 0.5) is 13.2 Å². The van der Waals surface area contributed by atoms with Gasteiger partial charge in [0.2, 0.25) is 0 Å². The summed E-state index contributed by atoms with van der Waals surface area (Å²) in [5.41, 5.74) is -0.613. The van der Waals surface area contributed by atoms with Gasteiger partial charge in [-0.3, -0.25) is 0 Å². The van der Waals surface area contributed by atoms with E-state index >= 15 is 0 Å². The number of benzene rings is 1. The molecule has 0 heterocycles. The molecule has 0 aliphatic carbocycles. The molecule has 1 rings (SSSR count). The van der Waals surface area contributed by atoms with Gasteiger partial charge in [-0.15, -0.1) is 0 Å². The van der Waals surface area contributed by atoms with Crippen LogP contribution in [0.3, 0.4) is 0 Å². The van der Waals surface area contributed by atoms with Crippen LogP contribution in [0.2, 0.25) is 0 Å². The summed E-state index contributed by atoms with van der Waals surface area (Å²) in [7, 11) is 1.63. The molecule has 0 saturated carbocycles. The third-order valence-electron chi connectivity index (χ3n) is 2.33. The lowest BCUT2D eigenvalue weighted by molar-refractivity contribution is 0.387. The van der Waals surface area contributed by atoms with E-state index in [9.17, 15) is 13.2 Å². The minimum Gasteiger partial charge on any atom is -0.311 e. The van der Waals surface area contributed by atoms with E-state index in [-0.39, 0.29) is 5.56 Å². The Morgan fingerprint density at radius 2 is 1.64 bits per heavy atom. The van der Waals surface area contributed by atoms with Crippen LogP contribution in [0.15, 0.2) is 12.1 Å². The van der Waals surface area contributed by atoms with Crippen molar-refractivity contribution in [2.45, 2.75) is 19.4 Å². The first-order chi connectivity index (χ1) is 6.40. The van der Waals surface area contributed by atoms with Gasteiger partial charge in [-0.1, -0.05) is 6.07 Å². The average molecular weight is 203 g/mol. The van der Waals surface area contributed by atoms with Gasteiger partial charge in [-0.05, 0) is 27.0 Å². The molecule has 0 radical (unpaired) electrons. The third-order valence-corrected chi connectivity index (χ3v) is 2.33. The maximum atomic E-state index is 13.3. The van der Waals surface area contributed by atoms with E-state index in [0.717, 1.165) is 6.07 Å². The molecule has 0 aromatic heterocycles. The summed E-state index contributed by atoms with van der Waals surface area (Å²) in [5, 5.41) is 2.82. The topological polar surface area (TPSA) is 12.0 Å². The molecule has 0 fully saturated rings. The maximum absolute atomic E-state index is 13.3. The van der Waals surface area contributed by atoms with Gasteiger partial charge in [0, 0.05) is 11.1 Å². The third kappa shape index (κ3) is 1.75. The van der Waals surface area contributed by atoms with Crippen LogP contribution in [0.1, 0.15) is 19.4 Å². The zero-order chi connectivity index (χ0) is 10.9. The Bertz CT molecular complexity index is 347. The van der Waals surface area contributed by atoms with E-state index in [4.69, 9.17) is 0 Å². The quantitative estimate of drug-likeness (QED) is 0.728. The normalized spacial score (nSPS) is 11.9. The maximum Gasteiger partial charge on any atom is 0.194 e. The van der Waals surface area contributed by atoms with Crippen LogP contribution in [0.5, 0.6) is 0 Å². The van der Waals surface area contributed by atoms with Crippen molar-refractivity contribution in [3.8, 4) is 0 Å². The number of hydrogen-bond donors (Lipinski definition) is 1. The molecule has 0 atom stereocenters. The second-order valence-corrected chi connectivity index (χ2v) is 3.60. The smallest absolute Gasteiger partial charge is 0.194 e. The number of hydrogen-bond acceptors (Lipinski definition) is 1. The van der Waals surface area contributed by atoms with Crippen LogP contribution < -0.4 is 5.32 Å². The molecule has 0 amide bonds. The lowest BCUT2D eigenvalue weighted by Gasteiger charge is -2.25. The highest BCUT2D eigenvalue weighted by molar-refractivity contribution is 5.26. The Morgan fingerprint density at radius 3 is 2.14 bits per heavy atom. The Kier molecular flexibility index (Phi) is 2.85. The Hall–Kier alpha value is -1.03. The highest BCUT2D eigenvalue weighted by atomic mass is 19.2. The standard InChI is InChI=1S/C10H12F3N/c1-10(2,14-3)6-4-5-7(11)9(13)8(6)12/h4-5,14H,1-3H3. The predicted octanol–water partition coefficient (Wildman–Crippen LogP) is 2.56. The van der Waals surface area contributed by atoms with E-state index in [2.05, 4.69) is 5.32 Å². The monoisotopic (exact) mass is 203 g/mol. The lowest BCUT2D eigenvalue weighted by atomic mass is 9.94. The SMILES string of the molecule is CNC(C)(C)c1ccc(F)c(F)c1F. The molecule has 0 spiro atoms. The second-order valence-electron chi connectivity index (χ2n) is 3.60. The van der Waals surface area contributed by atoms with E-state index in [1.165, 1.54) is 6.07 Å². The van der Waals surface area contributed by atoms with Gasteiger partial charge in [0.25, 0.3) is 0 Å². The fourth-order valence-electron chi connectivity index (χ4n) is 1.14. The molecule has 1 aromatic rings. The number of nitrogens with one attached hydrogen (secondary N) is 1. The van der Waals surface area contributed by atoms with E-state index in [1.807, 2.05) is 0 Å². The lowest BCUT2D eigenvalue weighted by Crippen LogP contribution is -2.34. The first-order valence-electron chi connectivity index (χ1n) is 4.23. The second kappa shape index (κ2) is 3.61. The van der Waals surface area contributed by atoms with Gasteiger partial charge in [-0.25, -0.2) is 13.2 Å². The van der Waals surface area contributed by atoms with Crippen molar-refractivity contribution in [1.82, 2.24) is 5.32 Å². The fourth-order valence-corrected chi connectivity index (χ4v) is 1.14. The minimum atomic E-state index is -1.43. The zero-order valence-corrected chi connectivity index (χ0v) is 8.29. The van der Waals surface area contributed by atoms with Crippen molar-refractivity contribution in [3.05, 3.63) is 35.1 Å². The molecule has 1 aromatic carbocycles. The highest BCUT2D eigenvalue weighted by Gasteiger charge is 2.25. The summed E-state index contributed by atoms with van der Waals surface area (Å²) in [6, 6.07) is 2.16. The summed E-state index contributed by atoms with van der Waals surface area (Å²) < 4.78 is 38.8. The van der Waals surface area contributed by atoms with E-state index in [1.54, 1.807) is 20.9 Å². The Morgan fingerprint density at radius 1 is 1.07 bits per heavy atom. The molecule has 78 valence electrons. The predicted molar refractivity (Wildman–Crippen MR) is 48.4 cm³/mol. The van der Waals surface area contributed by atoms with Crippen molar-refractivity contribution < 1.29 is 13.2 Å². The molecule has 0 bridgehead atoms. The van der Waals surface area contributed by atoms with Crippen molar-refractivity contribution >= 4 is 0 Å². The van der Waals surface area contributed by atoms with E-state index < -0.39 is 23.0 Å². The first-order valence-corrected chi connectivity index (χ1v) is 4.23. The van der Waals surface area contributed by atoms with Gasteiger partial charge in [-0.2, -0.15) is 0 Å². The molecule has 1 N–H and O–H groups in total. The highest BCUT2D eigenvalue weighted by Crippen LogP contribution is 2.25. The van der Waals surface area contributed by atoms with Crippen LogP contribution in [-0.4, -0.2) is 7.05 Å². The largest absolute Gasteiger partial charge is 0.311 e. The van der Waals surface area contributed by atoms with Crippen molar-refractivity contribution in [1.29, 1.82) is 0 Å². The van der Waals surface area contributed by atoms with Gasteiger partial charge in [0.1, 0.15) is 0 Å². The fraction of sp³-hybridized carbons (Fsp3) is 0.400. The Labute approximate surface area is 80.9 Å². The molecule has 4 heteroatoms. The van der Waals surface area contributed by atoms with Gasteiger partial charge in [0.15, 0.2) is 17.5 Å². The molecule has 0 unspecified atom stereocenters. The molecule has 0 saturated heterocycles. The van der Waals surface area contributed by atoms with Crippen LogP contribution in [-0.2, 0) is 5.54 Å². The summed E-state index contributed by atoms with van der Waals surface area (Å²) in [4.78, 5) is 0. The molecular weight excluding hydrogens is 191 g/mol. The Balaban J connectivity index is 3.31. The van der Waals surface area contributed by atoms with Crippen molar-refractivity contribution in [3.63, 3.8) is 0 Å². The zero-order valence-electron chi connectivity index (χ0n) is 8.29. The van der Waals surface area contributed by atoms with Gasteiger partial charge >= 0.3 is 0 Å². The van der Waals surface area contributed by atoms with Crippen LogP contribution >= 0.6 is 0 Å². The van der Waals surface area contributed by atoms with E-state index in [0.29, 0.717) is 0 Å². The number of rotatable bonds is 2. The summed E-state index contributed by atoms with van der Waals surface area (Å²) in [6.07, 6.45) is 0. The minimum absolute atomic E-state index is 0.110. The van der Waals surface area contributed by atoms with Crippen LogP contribution in [0, 0.1) is 17.5 Å². The molecule has 0 aliphatic heterocycles. The molecular formula is C10H12F3N. The van der Waals surface area contributed by atoms with Gasteiger partial charge < -0.3 is 5.32 Å². The van der Waals surface area contributed by atoms with Crippen molar-refractivity contribution in [2.24, 2.45) is 0 Å². The molecule has 14 heavy (non-hydrogen) atoms. The summed E-state index contributed by atoms with van der Waals surface area (Å²) >= 11 is 0. The summed E-state index contributed by atoms with van der Waals surface area (Å²) in [5.74, 6) is -3.73. The molecule has 0 aliphatic rings. The number of halogens is 3. The van der Waals surface area contributed by atoms with Crippen molar-refractivity contribution in [2.75, 3.05) is 7.05 Å². The van der Waals surface area contributed by atoms with Gasteiger partial charge in [0.05, 0.1) is 0 Å². The average Bonchev–Trinajstić information content (AvgIpc) is 2.14. The summed E-state index contributed by atoms with van der Waals surface area (Å²) in [6.45, 7) is 3.37.